The van der Waals surface area contributed by atoms with Crippen molar-refractivity contribution < 1.29 is 28.6 Å². The lowest BCUT2D eigenvalue weighted by Crippen LogP contribution is -2.39. The summed E-state index contributed by atoms with van der Waals surface area (Å²) >= 11 is 0. The molecule has 1 fully saturated rings. The van der Waals surface area contributed by atoms with Crippen LogP contribution >= 0.6 is 0 Å². The molecule has 32 heavy (non-hydrogen) atoms. The predicted octanol–water partition coefficient (Wildman–Crippen LogP) is 4.94. The Labute approximate surface area is 191 Å². The van der Waals surface area contributed by atoms with Gasteiger partial charge in [0.2, 0.25) is 0 Å². The van der Waals surface area contributed by atoms with Crippen molar-refractivity contribution in [3.8, 4) is 0 Å². The number of nitrogens with zero attached hydrogens (tertiary/aromatic N) is 1. The topological polar surface area (TPSA) is 82.1 Å². The molecular formula is C25H37NO6. The molecule has 0 N–H and O–H groups in total. The van der Waals surface area contributed by atoms with Crippen LogP contribution < -0.4 is 0 Å². The molecule has 2 rings (SSSR count). The molecule has 178 valence electrons. The van der Waals surface area contributed by atoms with Gasteiger partial charge in [-0.15, -0.1) is 0 Å². The van der Waals surface area contributed by atoms with Gasteiger partial charge in [0, 0.05) is 19.0 Å². The summed E-state index contributed by atoms with van der Waals surface area (Å²) in [6.07, 6.45) is 0.892. The zero-order valence-corrected chi connectivity index (χ0v) is 20.4. The summed E-state index contributed by atoms with van der Waals surface area (Å²) in [4.78, 5) is 39.5. The summed E-state index contributed by atoms with van der Waals surface area (Å²) in [7, 11) is 0. The van der Waals surface area contributed by atoms with Crippen molar-refractivity contribution in [2.24, 2.45) is 5.92 Å². The molecule has 1 aromatic carbocycles. The highest BCUT2D eigenvalue weighted by molar-refractivity contribution is 5.89. The van der Waals surface area contributed by atoms with Gasteiger partial charge in [-0.2, -0.15) is 0 Å². The first-order valence-electron chi connectivity index (χ1n) is 11.3. The smallest absolute Gasteiger partial charge is 0.410 e. The normalized spacial score (nSPS) is 19.7. The van der Waals surface area contributed by atoms with Gasteiger partial charge in [0.1, 0.15) is 11.2 Å². The Hall–Kier alpha value is -2.57. The number of amides is 1. The number of esters is 2. The van der Waals surface area contributed by atoms with E-state index in [2.05, 4.69) is 0 Å². The molecule has 2 atom stereocenters. The molecule has 0 bridgehead atoms. The van der Waals surface area contributed by atoms with Gasteiger partial charge in [-0.3, -0.25) is 4.79 Å². The van der Waals surface area contributed by atoms with Crippen molar-refractivity contribution >= 4 is 18.0 Å². The van der Waals surface area contributed by atoms with E-state index in [1.165, 1.54) is 0 Å². The summed E-state index contributed by atoms with van der Waals surface area (Å²) in [5.74, 6) is -1.31. The lowest BCUT2D eigenvalue weighted by molar-refractivity contribution is -0.149. The minimum absolute atomic E-state index is 0.264. The molecule has 0 radical (unpaired) electrons. The highest BCUT2D eigenvalue weighted by Gasteiger charge is 2.37. The van der Waals surface area contributed by atoms with E-state index >= 15 is 0 Å². The van der Waals surface area contributed by atoms with Crippen LogP contribution in [0.4, 0.5) is 4.79 Å². The Balaban J connectivity index is 2.30. The van der Waals surface area contributed by atoms with Crippen LogP contribution in [0.1, 0.15) is 83.1 Å². The number of hydrogen-bond acceptors (Lipinski definition) is 6. The number of benzene rings is 1. The fourth-order valence-electron chi connectivity index (χ4n) is 3.72. The summed E-state index contributed by atoms with van der Waals surface area (Å²) in [6.45, 7) is 13.9. The van der Waals surface area contributed by atoms with Crippen molar-refractivity contribution in [2.75, 3.05) is 19.7 Å². The Morgan fingerprint density at radius 1 is 0.969 bits per heavy atom. The molecular weight excluding hydrogens is 410 g/mol. The molecule has 1 amide bonds. The highest BCUT2D eigenvalue weighted by Crippen LogP contribution is 2.34. The zero-order valence-electron chi connectivity index (χ0n) is 20.4. The third-order valence-corrected chi connectivity index (χ3v) is 5.06. The van der Waals surface area contributed by atoms with Crippen molar-refractivity contribution in [3.05, 3.63) is 35.4 Å². The minimum atomic E-state index is -0.603. The largest absolute Gasteiger partial charge is 0.466 e. The van der Waals surface area contributed by atoms with Crippen LogP contribution in [0.3, 0.4) is 0 Å². The SMILES string of the molecule is CCOC(=O)C1CCCN(C(=O)OC(C)(C)C)C[C@H]1c1ccc(C(=O)OC(C)(C)C)cc1. The van der Waals surface area contributed by atoms with Crippen molar-refractivity contribution in [1.29, 1.82) is 0 Å². The van der Waals surface area contributed by atoms with E-state index in [0.29, 0.717) is 38.1 Å². The minimum Gasteiger partial charge on any atom is -0.466 e. The molecule has 1 aromatic rings. The van der Waals surface area contributed by atoms with Crippen molar-refractivity contribution in [3.63, 3.8) is 0 Å². The molecule has 7 nitrogen and oxygen atoms in total. The Morgan fingerprint density at radius 3 is 2.09 bits per heavy atom. The number of rotatable bonds is 4. The third kappa shape index (κ3) is 7.53. The lowest BCUT2D eigenvalue weighted by Gasteiger charge is -2.30. The van der Waals surface area contributed by atoms with E-state index in [-0.39, 0.29) is 17.8 Å². The number of hydrogen-bond donors (Lipinski definition) is 0. The standard InChI is InChI=1S/C25H37NO6/c1-8-30-22(28)19-10-9-15-26(23(29)32-25(5,6)7)16-20(19)17-11-13-18(14-12-17)21(27)31-24(2,3)4/h11-14,19-20H,8-10,15-16H2,1-7H3/t19?,20-/m0/s1. The number of carbonyl (C=O) groups is 3. The third-order valence-electron chi connectivity index (χ3n) is 5.06. The molecule has 1 aliphatic rings. The molecule has 1 heterocycles. The lowest BCUT2D eigenvalue weighted by atomic mass is 9.83. The van der Waals surface area contributed by atoms with E-state index < -0.39 is 23.3 Å². The molecule has 0 spiro atoms. The first kappa shape index (κ1) is 25.7. The van der Waals surface area contributed by atoms with Gasteiger partial charge in [0.15, 0.2) is 0 Å². The number of likely N-dealkylation sites (tertiary alicyclic amines) is 1. The highest BCUT2D eigenvalue weighted by atomic mass is 16.6. The fourth-order valence-corrected chi connectivity index (χ4v) is 3.72. The van der Waals surface area contributed by atoms with E-state index in [0.717, 1.165) is 5.56 Å². The van der Waals surface area contributed by atoms with E-state index in [1.807, 2.05) is 53.7 Å². The van der Waals surface area contributed by atoms with Crippen LogP contribution in [0.15, 0.2) is 24.3 Å². The number of carbonyl (C=O) groups excluding carboxylic acids is 3. The van der Waals surface area contributed by atoms with Gasteiger partial charge < -0.3 is 19.1 Å². The Bertz CT molecular complexity index is 803. The van der Waals surface area contributed by atoms with Gasteiger partial charge in [-0.1, -0.05) is 12.1 Å². The second-order valence-electron chi connectivity index (χ2n) is 10.2. The van der Waals surface area contributed by atoms with Crippen LogP contribution in [-0.4, -0.2) is 53.8 Å². The molecule has 0 aliphatic carbocycles. The molecule has 0 aromatic heterocycles. The Morgan fingerprint density at radius 2 is 1.56 bits per heavy atom. The van der Waals surface area contributed by atoms with Crippen molar-refractivity contribution in [1.82, 2.24) is 4.90 Å². The van der Waals surface area contributed by atoms with E-state index in [4.69, 9.17) is 14.2 Å². The molecule has 1 saturated heterocycles. The van der Waals surface area contributed by atoms with Crippen LogP contribution in [0.2, 0.25) is 0 Å². The zero-order chi connectivity index (χ0) is 24.1. The maximum atomic E-state index is 12.7. The van der Waals surface area contributed by atoms with E-state index in [1.54, 1.807) is 24.0 Å². The molecule has 1 unspecified atom stereocenters. The first-order chi connectivity index (χ1) is 14.8. The van der Waals surface area contributed by atoms with Gasteiger partial charge in [0.25, 0.3) is 0 Å². The molecule has 0 saturated carbocycles. The van der Waals surface area contributed by atoms with Crippen LogP contribution in [-0.2, 0) is 19.0 Å². The van der Waals surface area contributed by atoms with Gasteiger partial charge in [-0.25, -0.2) is 9.59 Å². The fraction of sp³-hybridized carbons (Fsp3) is 0.640. The van der Waals surface area contributed by atoms with Crippen LogP contribution in [0.25, 0.3) is 0 Å². The first-order valence-corrected chi connectivity index (χ1v) is 11.3. The second-order valence-corrected chi connectivity index (χ2v) is 10.2. The predicted molar refractivity (Wildman–Crippen MR) is 122 cm³/mol. The summed E-state index contributed by atoms with van der Waals surface area (Å²) in [5, 5.41) is 0. The monoisotopic (exact) mass is 447 g/mol. The summed E-state index contributed by atoms with van der Waals surface area (Å²) in [5.41, 5.74) is 0.119. The molecule has 7 heteroatoms. The van der Waals surface area contributed by atoms with Crippen molar-refractivity contribution in [2.45, 2.75) is 78.4 Å². The van der Waals surface area contributed by atoms with Gasteiger partial charge in [-0.05, 0) is 79.0 Å². The van der Waals surface area contributed by atoms with Gasteiger partial charge >= 0.3 is 18.0 Å². The van der Waals surface area contributed by atoms with E-state index in [9.17, 15) is 14.4 Å². The van der Waals surface area contributed by atoms with Crippen LogP contribution in [0, 0.1) is 5.92 Å². The maximum absolute atomic E-state index is 12.7. The average Bonchev–Trinajstić information content (AvgIpc) is 2.89. The average molecular weight is 448 g/mol. The quantitative estimate of drug-likeness (QED) is 0.480. The number of ether oxygens (including phenoxy) is 3. The molecule has 1 aliphatic heterocycles. The Kier molecular flexibility index (Phi) is 8.32. The van der Waals surface area contributed by atoms with Crippen LogP contribution in [0.5, 0.6) is 0 Å². The summed E-state index contributed by atoms with van der Waals surface area (Å²) < 4.78 is 16.3. The second kappa shape index (κ2) is 10.4. The van der Waals surface area contributed by atoms with Gasteiger partial charge in [0.05, 0.1) is 18.1 Å². The maximum Gasteiger partial charge on any atom is 0.410 e. The summed E-state index contributed by atoms with van der Waals surface area (Å²) in [6, 6.07) is 7.06.